The Bertz CT molecular complexity index is 1490. The molecule has 1 N–H and O–H groups in total. The van der Waals surface area contributed by atoms with E-state index in [0.29, 0.717) is 19.5 Å². The number of hydrogen-bond acceptors (Lipinski definition) is 6. The van der Waals surface area contributed by atoms with E-state index in [0.717, 1.165) is 34.6 Å². The van der Waals surface area contributed by atoms with E-state index in [4.69, 9.17) is 18.6 Å². The van der Waals surface area contributed by atoms with Gasteiger partial charge in [0.2, 0.25) is 0 Å². The summed E-state index contributed by atoms with van der Waals surface area (Å²) in [4.78, 5) is 26.8. The van der Waals surface area contributed by atoms with Crippen molar-refractivity contribution in [2.45, 2.75) is 90.3 Å². The molecule has 1 aliphatic heterocycles. The largest absolute Gasteiger partial charge is 0.491 e. The molecule has 3 aromatic carbocycles. The molecular formula is C37H49NO7Si. The van der Waals surface area contributed by atoms with E-state index in [2.05, 4.69) is 39.9 Å². The highest BCUT2D eigenvalue weighted by Gasteiger charge is 2.40. The summed E-state index contributed by atoms with van der Waals surface area (Å²) in [5.74, 6) is 0.556. The van der Waals surface area contributed by atoms with Gasteiger partial charge in [-0.3, -0.25) is 0 Å². The van der Waals surface area contributed by atoms with Gasteiger partial charge in [0.05, 0.1) is 24.8 Å². The Morgan fingerprint density at radius 1 is 0.957 bits per heavy atom. The fraction of sp³-hybridized carbons (Fsp3) is 0.459. The number of amides is 1. The molecule has 0 aliphatic carbocycles. The molecule has 0 unspecified atom stereocenters. The van der Waals surface area contributed by atoms with Gasteiger partial charge in [0.15, 0.2) is 8.32 Å². The lowest BCUT2D eigenvalue weighted by Gasteiger charge is -2.41. The molecule has 248 valence electrons. The summed E-state index contributed by atoms with van der Waals surface area (Å²) in [6.07, 6.45) is 0.423. The summed E-state index contributed by atoms with van der Waals surface area (Å²) in [6, 6.07) is 22.5. The van der Waals surface area contributed by atoms with E-state index in [1.54, 1.807) is 23.1 Å². The van der Waals surface area contributed by atoms with Crippen LogP contribution < -0.4 is 9.47 Å². The maximum absolute atomic E-state index is 13.6. The third-order valence-electron chi connectivity index (χ3n) is 8.48. The molecule has 0 fully saturated rings. The molecule has 4 rings (SSSR count). The summed E-state index contributed by atoms with van der Waals surface area (Å²) in [6.45, 7) is 17.5. The molecular weight excluding hydrogens is 598 g/mol. The number of para-hydroxylation sites is 1. The van der Waals surface area contributed by atoms with Crippen molar-refractivity contribution in [2.24, 2.45) is 0 Å². The summed E-state index contributed by atoms with van der Waals surface area (Å²) in [5.41, 5.74) is 2.40. The average Bonchev–Trinajstić information content (AvgIpc) is 2.98. The van der Waals surface area contributed by atoms with Gasteiger partial charge in [-0.25, -0.2) is 9.59 Å². The number of carboxylic acids is 1. The number of carboxylic acid groups (broad SMARTS) is 1. The SMILES string of the molecule is CC(C)(C)OC(=O)N(C[C@@H]1CCc2cc(-c3cccc(C(=O)O)c3)ccc2O1)C[C@@H](COc1ccccc1)O[Si](C)(C)C(C)(C)C. The second-order valence-corrected chi connectivity index (χ2v) is 19.3. The Kier molecular flexibility index (Phi) is 10.9. The number of aryl methyl sites for hydroxylation is 1. The third-order valence-corrected chi connectivity index (χ3v) is 13.0. The van der Waals surface area contributed by atoms with Crippen molar-refractivity contribution in [3.63, 3.8) is 0 Å². The van der Waals surface area contributed by atoms with Crippen molar-refractivity contribution in [1.82, 2.24) is 4.90 Å². The fourth-order valence-corrected chi connectivity index (χ4v) is 6.38. The van der Waals surface area contributed by atoms with Crippen LogP contribution >= 0.6 is 0 Å². The number of ether oxygens (including phenoxy) is 3. The standard InChI is InChI=1S/C37H49NO7Si/c1-36(2,3)44-35(41)38(24-32(45-46(7,8)37(4,5)6)25-42-30-15-10-9-11-16-30)23-31-19-17-28-21-27(18-20-33(28)43-31)26-13-12-14-29(22-26)34(39)40/h9-16,18,20-22,31-32H,17,19,23-25H2,1-8H3,(H,39,40)/t31-,32-/m0/s1. The normalized spacial score (nSPS) is 15.7. The number of carbonyl (C=O) groups excluding carboxylic acids is 1. The summed E-state index contributed by atoms with van der Waals surface area (Å²) in [5, 5.41) is 9.38. The van der Waals surface area contributed by atoms with Gasteiger partial charge in [0, 0.05) is 0 Å². The van der Waals surface area contributed by atoms with Crippen LogP contribution in [0.15, 0.2) is 72.8 Å². The van der Waals surface area contributed by atoms with Crippen LogP contribution in [0.2, 0.25) is 18.1 Å². The van der Waals surface area contributed by atoms with Gasteiger partial charge in [-0.1, -0.05) is 57.2 Å². The molecule has 1 amide bonds. The maximum atomic E-state index is 13.6. The number of benzene rings is 3. The lowest BCUT2D eigenvalue weighted by molar-refractivity contribution is 0.000512. The molecule has 46 heavy (non-hydrogen) atoms. The topological polar surface area (TPSA) is 94.5 Å². The molecule has 1 aliphatic rings. The van der Waals surface area contributed by atoms with Crippen molar-refractivity contribution in [3.8, 4) is 22.6 Å². The van der Waals surface area contributed by atoms with Gasteiger partial charge in [-0.2, -0.15) is 0 Å². The summed E-state index contributed by atoms with van der Waals surface area (Å²) in [7, 11) is -2.22. The molecule has 3 aromatic rings. The highest BCUT2D eigenvalue weighted by Crippen LogP contribution is 2.38. The molecule has 1 heterocycles. The summed E-state index contributed by atoms with van der Waals surface area (Å²) >= 11 is 0. The van der Waals surface area contributed by atoms with Gasteiger partial charge in [0.25, 0.3) is 0 Å². The minimum Gasteiger partial charge on any atom is -0.491 e. The first-order chi connectivity index (χ1) is 21.5. The summed E-state index contributed by atoms with van der Waals surface area (Å²) < 4.78 is 25.3. The highest BCUT2D eigenvalue weighted by molar-refractivity contribution is 6.74. The average molecular weight is 648 g/mol. The van der Waals surface area contributed by atoms with Crippen LogP contribution in [0.1, 0.15) is 63.9 Å². The number of hydrogen-bond donors (Lipinski definition) is 1. The maximum Gasteiger partial charge on any atom is 0.410 e. The van der Waals surface area contributed by atoms with Gasteiger partial charge >= 0.3 is 12.1 Å². The molecule has 0 aromatic heterocycles. The molecule has 8 nitrogen and oxygen atoms in total. The van der Waals surface area contributed by atoms with E-state index >= 15 is 0 Å². The van der Waals surface area contributed by atoms with E-state index in [1.165, 1.54) is 0 Å². The van der Waals surface area contributed by atoms with Crippen LogP contribution in [0.5, 0.6) is 11.5 Å². The Hall–Kier alpha value is -3.82. The number of aromatic carboxylic acids is 1. The molecule has 0 saturated carbocycles. The first kappa shape index (κ1) is 35.0. The minimum atomic E-state index is -2.22. The third kappa shape index (κ3) is 9.59. The highest BCUT2D eigenvalue weighted by atomic mass is 28.4. The van der Waals surface area contributed by atoms with E-state index in [1.807, 2.05) is 69.3 Å². The smallest absolute Gasteiger partial charge is 0.410 e. The molecule has 9 heteroatoms. The predicted octanol–water partition coefficient (Wildman–Crippen LogP) is 8.45. The van der Waals surface area contributed by atoms with Crippen LogP contribution in [-0.4, -0.2) is 67.9 Å². The number of carbonyl (C=O) groups is 2. The Morgan fingerprint density at radius 2 is 1.65 bits per heavy atom. The second kappa shape index (κ2) is 14.3. The number of fused-ring (bicyclic) bond motifs is 1. The fourth-order valence-electron chi connectivity index (χ4n) is 5.05. The Balaban J connectivity index is 1.54. The van der Waals surface area contributed by atoms with Crippen LogP contribution in [0.4, 0.5) is 4.79 Å². The quantitative estimate of drug-likeness (QED) is 0.209. The van der Waals surface area contributed by atoms with Gasteiger partial charge in [0.1, 0.15) is 29.8 Å². The lowest BCUT2D eigenvalue weighted by Crippen LogP contribution is -2.52. The van der Waals surface area contributed by atoms with E-state index in [-0.39, 0.29) is 29.4 Å². The zero-order valence-corrected chi connectivity index (χ0v) is 29.5. The second-order valence-electron chi connectivity index (χ2n) is 14.5. The monoisotopic (exact) mass is 647 g/mol. The molecule has 0 bridgehead atoms. The van der Waals surface area contributed by atoms with Crippen molar-refractivity contribution >= 4 is 20.4 Å². The van der Waals surface area contributed by atoms with Crippen molar-refractivity contribution in [2.75, 3.05) is 19.7 Å². The van der Waals surface area contributed by atoms with Crippen molar-refractivity contribution < 1.29 is 33.3 Å². The van der Waals surface area contributed by atoms with Crippen LogP contribution in [0, 0.1) is 0 Å². The molecule has 0 spiro atoms. The van der Waals surface area contributed by atoms with E-state index in [9.17, 15) is 14.7 Å². The Morgan fingerprint density at radius 3 is 2.30 bits per heavy atom. The van der Waals surface area contributed by atoms with Crippen molar-refractivity contribution in [3.05, 3.63) is 83.9 Å². The molecule has 0 radical (unpaired) electrons. The lowest BCUT2D eigenvalue weighted by atomic mass is 9.96. The first-order valence-corrected chi connectivity index (χ1v) is 18.9. The van der Waals surface area contributed by atoms with E-state index < -0.39 is 26.0 Å². The van der Waals surface area contributed by atoms with Crippen LogP contribution in [0.25, 0.3) is 11.1 Å². The van der Waals surface area contributed by atoms with Gasteiger partial charge in [-0.05, 0) is 105 Å². The number of nitrogens with zero attached hydrogens (tertiary/aromatic N) is 1. The van der Waals surface area contributed by atoms with Crippen molar-refractivity contribution in [1.29, 1.82) is 0 Å². The number of rotatable bonds is 11. The first-order valence-electron chi connectivity index (χ1n) is 16.0. The van der Waals surface area contributed by atoms with Gasteiger partial charge in [-0.15, -0.1) is 0 Å². The zero-order chi connectivity index (χ0) is 33.7. The van der Waals surface area contributed by atoms with Gasteiger partial charge < -0.3 is 28.6 Å². The van der Waals surface area contributed by atoms with Crippen LogP contribution in [0.3, 0.4) is 0 Å². The minimum absolute atomic E-state index is 0.0290. The Labute approximate surface area is 274 Å². The molecule has 0 saturated heterocycles. The predicted molar refractivity (Wildman–Crippen MR) is 183 cm³/mol. The molecule has 2 atom stereocenters. The van der Waals surface area contributed by atoms with Crippen LogP contribution in [-0.2, 0) is 15.6 Å². The zero-order valence-electron chi connectivity index (χ0n) is 28.5.